The summed E-state index contributed by atoms with van der Waals surface area (Å²) in [5.74, 6) is -1.72. The minimum Gasteiger partial charge on any atom is -0.350 e. The maximum atomic E-state index is 12.9. The summed E-state index contributed by atoms with van der Waals surface area (Å²) >= 11 is 1.36. The molecule has 10 heteroatoms. The number of hydrogen-bond donors (Lipinski definition) is 2. The molecule has 3 aliphatic rings. The van der Waals surface area contributed by atoms with Crippen LogP contribution in [0.2, 0.25) is 0 Å². The molecule has 5 rings (SSSR count). The number of piperidine rings is 1. The SMILES string of the molecule is O=C1CCC(N2C(=O)c3ccc(CCCNC(=O)c4nc(C5CC5)cs4)cc3C2=O)C(=O)N1. The highest BCUT2D eigenvalue weighted by atomic mass is 32.1. The number of nitrogens with zero attached hydrogens (tertiary/aromatic N) is 2. The molecule has 0 spiro atoms. The first-order valence-electron chi connectivity index (χ1n) is 11.0. The van der Waals surface area contributed by atoms with E-state index in [1.807, 2.05) is 5.38 Å². The fourth-order valence-electron chi connectivity index (χ4n) is 4.20. The number of nitrogens with one attached hydrogen (secondary N) is 2. The summed E-state index contributed by atoms with van der Waals surface area (Å²) in [5.41, 5.74) is 2.40. The van der Waals surface area contributed by atoms with Crippen molar-refractivity contribution in [1.29, 1.82) is 0 Å². The third kappa shape index (κ3) is 4.18. The van der Waals surface area contributed by atoms with Crippen LogP contribution in [0.1, 0.15) is 79.8 Å². The molecule has 1 atom stereocenters. The van der Waals surface area contributed by atoms with Crippen LogP contribution in [0, 0.1) is 0 Å². The van der Waals surface area contributed by atoms with E-state index in [0.717, 1.165) is 29.0 Å². The van der Waals surface area contributed by atoms with E-state index in [2.05, 4.69) is 15.6 Å². The number of rotatable bonds is 7. The Morgan fingerprint density at radius 3 is 2.67 bits per heavy atom. The molecule has 0 radical (unpaired) electrons. The minimum absolute atomic E-state index is 0.0870. The van der Waals surface area contributed by atoms with Gasteiger partial charge in [-0.1, -0.05) is 6.07 Å². The van der Waals surface area contributed by atoms with E-state index in [0.29, 0.717) is 30.3 Å². The van der Waals surface area contributed by atoms with Crippen LogP contribution in [0.15, 0.2) is 23.6 Å². The lowest BCUT2D eigenvalue weighted by Crippen LogP contribution is -2.54. The van der Waals surface area contributed by atoms with Gasteiger partial charge in [0, 0.05) is 24.3 Å². The van der Waals surface area contributed by atoms with Crippen molar-refractivity contribution in [2.75, 3.05) is 6.54 Å². The highest BCUT2D eigenvalue weighted by Crippen LogP contribution is 2.40. The smallest absolute Gasteiger partial charge is 0.280 e. The second-order valence-electron chi connectivity index (χ2n) is 8.54. The Bertz CT molecular complexity index is 1190. The zero-order valence-corrected chi connectivity index (χ0v) is 18.6. The molecule has 5 amide bonds. The van der Waals surface area contributed by atoms with Gasteiger partial charge in [-0.15, -0.1) is 11.3 Å². The lowest BCUT2D eigenvalue weighted by molar-refractivity contribution is -0.136. The van der Waals surface area contributed by atoms with Gasteiger partial charge in [0.15, 0.2) is 5.01 Å². The zero-order chi connectivity index (χ0) is 23.1. The average Bonchev–Trinajstić information content (AvgIpc) is 3.48. The summed E-state index contributed by atoms with van der Waals surface area (Å²) in [4.78, 5) is 66.8. The molecular weight excluding hydrogens is 444 g/mol. The molecule has 1 saturated carbocycles. The average molecular weight is 467 g/mol. The van der Waals surface area contributed by atoms with Gasteiger partial charge in [0.1, 0.15) is 6.04 Å². The molecule has 33 heavy (non-hydrogen) atoms. The number of amides is 5. The van der Waals surface area contributed by atoms with Crippen molar-refractivity contribution in [2.24, 2.45) is 0 Å². The van der Waals surface area contributed by atoms with E-state index in [4.69, 9.17) is 0 Å². The number of imide groups is 2. The van der Waals surface area contributed by atoms with Crippen LogP contribution < -0.4 is 10.6 Å². The molecule has 1 aromatic carbocycles. The highest BCUT2D eigenvalue weighted by Gasteiger charge is 2.44. The Balaban J connectivity index is 1.17. The van der Waals surface area contributed by atoms with Crippen molar-refractivity contribution in [3.63, 3.8) is 0 Å². The molecule has 1 aromatic heterocycles. The van der Waals surface area contributed by atoms with Gasteiger partial charge < -0.3 is 5.32 Å². The van der Waals surface area contributed by atoms with Gasteiger partial charge >= 0.3 is 0 Å². The van der Waals surface area contributed by atoms with Crippen LogP contribution in [-0.4, -0.2) is 52.0 Å². The Hall–Kier alpha value is -3.40. The molecule has 1 unspecified atom stereocenters. The van der Waals surface area contributed by atoms with Crippen molar-refractivity contribution in [3.8, 4) is 0 Å². The Morgan fingerprint density at radius 2 is 1.91 bits per heavy atom. The Morgan fingerprint density at radius 1 is 1.12 bits per heavy atom. The van der Waals surface area contributed by atoms with Crippen LogP contribution in [0.25, 0.3) is 0 Å². The van der Waals surface area contributed by atoms with E-state index in [9.17, 15) is 24.0 Å². The van der Waals surface area contributed by atoms with Gasteiger partial charge in [-0.05, 0) is 49.8 Å². The number of carbonyl (C=O) groups excluding carboxylic acids is 5. The topological polar surface area (TPSA) is 126 Å². The van der Waals surface area contributed by atoms with Crippen LogP contribution in [-0.2, 0) is 16.0 Å². The molecule has 2 N–H and O–H groups in total. The van der Waals surface area contributed by atoms with Gasteiger partial charge in [0.2, 0.25) is 11.8 Å². The highest BCUT2D eigenvalue weighted by molar-refractivity contribution is 7.11. The largest absolute Gasteiger partial charge is 0.350 e. The van der Waals surface area contributed by atoms with E-state index in [-0.39, 0.29) is 29.9 Å². The van der Waals surface area contributed by atoms with Gasteiger partial charge in [-0.2, -0.15) is 0 Å². The monoisotopic (exact) mass is 466 g/mol. The van der Waals surface area contributed by atoms with Gasteiger partial charge in [0.05, 0.1) is 16.8 Å². The maximum Gasteiger partial charge on any atom is 0.280 e. The summed E-state index contributed by atoms with van der Waals surface area (Å²) in [6, 6.07) is 4.08. The van der Waals surface area contributed by atoms with Gasteiger partial charge in [0.25, 0.3) is 17.7 Å². The number of carbonyl (C=O) groups is 5. The van der Waals surface area contributed by atoms with Crippen molar-refractivity contribution < 1.29 is 24.0 Å². The first-order valence-corrected chi connectivity index (χ1v) is 11.9. The lowest BCUT2D eigenvalue weighted by atomic mass is 10.0. The molecular formula is C23H22N4O5S. The Labute approximate surface area is 193 Å². The van der Waals surface area contributed by atoms with Crippen molar-refractivity contribution in [3.05, 3.63) is 51.0 Å². The normalized spacial score (nSPS) is 20.1. The quantitative estimate of drug-likeness (QED) is 0.473. The number of fused-ring (bicyclic) bond motifs is 1. The van der Waals surface area contributed by atoms with Crippen molar-refractivity contribution in [1.82, 2.24) is 20.5 Å². The molecule has 170 valence electrons. The van der Waals surface area contributed by atoms with E-state index < -0.39 is 29.7 Å². The second kappa shape index (κ2) is 8.51. The van der Waals surface area contributed by atoms with E-state index >= 15 is 0 Å². The number of benzene rings is 1. The number of aryl methyl sites for hydroxylation is 1. The van der Waals surface area contributed by atoms with E-state index in [1.165, 1.54) is 11.3 Å². The molecule has 1 aliphatic carbocycles. The van der Waals surface area contributed by atoms with Crippen molar-refractivity contribution >= 4 is 40.9 Å². The molecule has 2 aromatic rings. The predicted molar refractivity (Wildman–Crippen MR) is 118 cm³/mol. The summed E-state index contributed by atoms with van der Waals surface area (Å²) in [6.45, 7) is 0.462. The summed E-state index contributed by atoms with van der Waals surface area (Å²) in [7, 11) is 0. The van der Waals surface area contributed by atoms with E-state index in [1.54, 1.807) is 18.2 Å². The molecule has 2 fully saturated rings. The molecule has 3 heterocycles. The van der Waals surface area contributed by atoms with Crippen LogP contribution in [0.3, 0.4) is 0 Å². The standard InChI is InChI=1S/C23H22N4O5S/c28-18-8-7-17(19(29)26-18)27-22(31)14-6-3-12(10-15(14)23(27)32)2-1-9-24-20(30)21-25-16(11-33-21)13-4-5-13/h3,6,10-11,13,17H,1-2,4-5,7-9H2,(H,24,30)(H,26,28,29). The zero-order valence-electron chi connectivity index (χ0n) is 17.8. The number of aromatic nitrogens is 1. The summed E-state index contributed by atoms with van der Waals surface area (Å²) in [5, 5.41) is 7.50. The summed E-state index contributed by atoms with van der Waals surface area (Å²) < 4.78 is 0. The van der Waals surface area contributed by atoms with Crippen molar-refractivity contribution in [2.45, 2.75) is 50.5 Å². The van der Waals surface area contributed by atoms with Crippen LogP contribution >= 0.6 is 11.3 Å². The van der Waals surface area contributed by atoms with Gasteiger partial charge in [-0.25, -0.2) is 4.98 Å². The predicted octanol–water partition coefficient (Wildman–Crippen LogP) is 1.78. The maximum absolute atomic E-state index is 12.9. The molecule has 9 nitrogen and oxygen atoms in total. The molecule has 1 saturated heterocycles. The third-order valence-electron chi connectivity index (χ3n) is 6.14. The van der Waals surface area contributed by atoms with Crippen LogP contribution in [0.4, 0.5) is 0 Å². The fraction of sp³-hybridized carbons (Fsp3) is 0.391. The summed E-state index contributed by atoms with van der Waals surface area (Å²) in [6.07, 6.45) is 3.77. The molecule has 0 bridgehead atoms. The fourth-order valence-corrected chi connectivity index (χ4v) is 5.02. The van der Waals surface area contributed by atoms with Crippen LogP contribution in [0.5, 0.6) is 0 Å². The number of thiazole rings is 1. The second-order valence-corrected chi connectivity index (χ2v) is 9.40. The minimum atomic E-state index is -0.972. The number of hydrogen-bond acceptors (Lipinski definition) is 7. The Kier molecular flexibility index (Phi) is 5.53. The first-order chi connectivity index (χ1) is 15.9. The third-order valence-corrected chi connectivity index (χ3v) is 7.00. The molecule has 2 aliphatic heterocycles. The lowest BCUT2D eigenvalue weighted by Gasteiger charge is -2.27. The van der Waals surface area contributed by atoms with Gasteiger partial charge in [-0.3, -0.25) is 34.2 Å². The first kappa shape index (κ1) is 21.4.